The molecule has 0 radical (unpaired) electrons. The SMILES string of the molecule is O=C(Cc1coc2cc3c(cc12)CCC3)N1CCCC(CN2CCN(c3ccccn3)CC2)C1. The van der Waals surface area contributed by atoms with Crippen LogP contribution in [0.4, 0.5) is 5.82 Å². The van der Waals surface area contributed by atoms with Crippen LogP contribution in [0.1, 0.15) is 36.0 Å². The van der Waals surface area contributed by atoms with E-state index in [1.54, 1.807) is 6.26 Å². The Kier molecular flexibility index (Phi) is 6.00. The first-order valence-corrected chi connectivity index (χ1v) is 12.9. The Morgan fingerprint density at radius 3 is 2.71 bits per heavy atom. The second-order valence-electron chi connectivity index (χ2n) is 10.2. The summed E-state index contributed by atoms with van der Waals surface area (Å²) < 4.78 is 5.84. The largest absolute Gasteiger partial charge is 0.464 e. The molecule has 2 saturated heterocycles. The molecule has 1 unspecified atom stereocenters. The molecule has 1 aliphatic carbocycles. The van der Waals surface area contributed by atoms with Gasteiger partial charge in [0.25, 0.3) is 0 Å². The maximum atomic E-state index is 13.2. The highest BCUT2D eigenvalue weighted by Gasteiger charge is 2.27. The van der Waals surface area contributed by atoms with E-state index in [0.717, 1.165) is 87.4 Å². The molecule has 6 rings (SSSR count). The van der Waals surface area contributed by atoms with E-state index in [0.29, 0.717) is 12.3 Å². The second kappa shape index (κ2) is 9.41. The number of nitrogens with zero attached hydrogens (tertiary/aromatic N) is 4. The van der Waals surface area contributed by atoms with Gasteiger partial charge < -0.3 is 14.2 Å². The fourth-order valence-corrected chi connectivity index (χ4v) is 6.07. The van der Waals surface area contributed by atoms with Crippen molar-refractivity contribution in [3.8, 4) is 0 Å². The number of fused-ring (bicyclic) bond motifs is 2. The number of likely N-dealkylation sites (tertiary alicyclic amines) is 1. The number of aryl methyl sites for hydroxylation is 2. The Morgan fingerprint density at radius 1 is 1.03 bits per heavy atom. The number of amides is 1. The fraction of sp³-hybridized carbons (Fsp3) is 0.500. The van der Waals surface area contributed by atoms with E-state index in [-0.39, 0.29) is 5.91 Å². The van der Waals surface area contributed by atoms with E-state index >= 15 is 0 Å². The number of piperidine rings is 1. The van der Waals surface area contributed by atoms with Gasteiger partial charge in [0.15, 0.2) is 0 Å². The van der Waals surface area contributed by atoms with Gasteiger partial charge >= 0.3 is 0 Å². The second-order valence-corrected chi connectivity index (χ2v) is 10.2. The highest BCUT2D eigenvalue weighted by Crippen LogP contribution is 2.31. The van der Waals surface area contributed by atoms with E-state index in [1.807, 2.05) is 12.3 Å². The van der Waals surface area contributed by atoms with Gasteiger partial charge in [-0.05, 0) is 73.4 Å². The van der Waals surface area contributed by atoms with Crippen LogP contribution in [0.5, 0.6) is 0 Å². The maximum Gasteiger partial charge on any atom is 0.227 e. The number of carbonyl (C=O) groups excluding carboxylic acids is 1. The van der Waals surface area contributed by atoms with Gasteiger partial charge in [-0.1, -0.05) is 6.07 Å². The van der Waals surface area contributed by atoms with Gasteiger partial charge in [0.2, 0.25) is 5.91 Å². The molecule has 34 heavy (non-hydrogen) atoms. The average Bonchev–Trinajstić information content (AvgIpc) is 3.50. The van der Waals surface area contributed by atoms with Crippen LogP contribution in [0.15, 0.2) is 47.2 Å². The van der Waals surface area contributed by atoms with Crippen molar-refractivity contribution in [1.82, 2.24) is 14.8 Å². The highest BCUT2D eigenvalue weighted by molar-refractivity contribution is 5.88. The van der Waals surface area contributed by atoms with Gasteiger partial charge in [0.1, 0.15) is 11.4 Å². The van der Waals surface area contributed by atoms with Gasteiger partial charge in [-0.25, -0.2) is 4.98 Å². The summed E-state index contributed by atoms with van der Waals surface area (Å²) >= 11 is 0. The van der Waals surface area contributed by atoms with E-state index < -0.39 is 0 Å². The van der Waals surface area contributed by atoms with Crippen molar-refractivity contribution in [2.75, 3.05) is 50.7 Å². The molecule has 178 valence electrons. The summed E-state index contributed by atoms with van der Waals surface area (Å²) in [6.45, 7) is 7.01. The Labute approximate surface area is 201 Å². The zero-order valence-corrected chi connectivity index (χ0v) is 19.9. The van der Waals surface area contributed by atoms with E-state index in [2.05, 4.69) is 43.9 Å². The summed E-state index contributed by atoms with van der Waals surface area (Å²) in [5.41, 5.74) is 4.83. The Bertz CT molecular complexity index is 1150. The first-order chi connectivity index (χ1) is 16.7. The third-order valence-corrected chi connectivity index (χ3v) is 7.94. The molecule has 3 aliphatic rings. The monoisotopic (exact) mass is 458 g/mol. The lowest BCUT2D eigenvalue weighted by atomic mass is 9.96. The molecule has 1 amide bonds. The number of hydrogen-bond donors (Lipinski definition) is 0. The van der Waals surface area contributed by atoms with Crippen LogP contribution >= 0.6 is 0 Å². The summed E-state index contributed by atoms with van der Waals surface area (Å²) in [4.78, 5) is 24.8. The zero-order valence-electron chi connectivity index (χ0n) is 19.9. The standard InChI is InChI=1S/C28H34N4O2/c33-28(17-24-20-34-26-16-23-7-3-6-22(23)15-25(24)26)32-10-4-5-21(19-32)18-30-11-13-31(14-12-30)27-8-1-2-9-29-27/h1-2,8-9,15-16,20-21H,3-7,10-14,17-19H2. The number of hydrogen-bond acceptors (Lipinski definition) is 5. The van der Waals surface area contributed by atoms with Crippen molar-refractivity contribution in [2.24, 2.45) is 5.92 Å². The molecule has 2 aromatic heterocycles. The van der Waals surface area contributed by atoms with Gasteiger partial charge in [-0.3, -0.25) is 9.69 Å². The summed E-state index contributed by atoms with van der Waals surface area (Å²) in [7, 11) is 0. The molecule has 6 nitrogen and oxygen atoms in total. The quantitative estimate of drug-likeness (QED) is 0.580. The number of benzene rings is 1. The molecule has 1 aromatic carbocycles. The smallest absolute Gasteiger partial charge is 0.227 e. The molecule has 2 fully saturated rings. The van der Waals surface area contributed by atoms with Crippen molar-refractivity contribution in [2.45, 2.75) is 38.5 Å². The topological polar surface area (TPSA) is 52.8 Å². The minimum absolute atomic E-state index is 0.243. The number of carbonyl (C=O) groups is 1. The first-order valence-electron chi connectivity index (χ1n) is 12.9. The Balaban J connectivity index is 1.04. The number of pyridine rings is 1. The molecule has 2 aliphatic heterocycles. The number of piperazine rings is 1. The fourth-order valence-electron chi connectivity index (χ4n) is 6.07. The predicted octanol–water partition coefficient (Wildman–Crippen LogP) is 3.92. The molecule has 0 N–H and O–H groups in total. The Morgan fingerprint density at radius 2 is 1.88 bits per heavy atom. The maximum absolute atomic E-state index is 13.2. The molecule has 4 heterocycles. The third kappa shape index (κ3) is 4.43. The molecule has 0 spiro atoms. The molecule has 0 saturated carbocycles. The van der Waals surface area contributed by atoms with Gasteiger partial charge in [-0.2, -0.15) is 0 Å². The summed E-state index contributed by atoms with van der Waals surface area (Å²) in [5.74, 6) is 1.88. The number of aromatic nitrogens is 1. The minimum Gasteiger partial charge on any atom is -0.464 e. The van der Waals surface area contributed by atoms with Gasteiger partial charge in [0, 0.05) is 63.0 Å². The van der Waals surface area contributed by atoms with Crippen molar-refractivity contribution in [3.63, 3.8) is 0 Å². The van der Waals surface area contributed by atoms with E-state index in [4.69, 9.17) is 4.42 Å². The van der Waals surface area contributed by atoms with Crippen molar-refractivity contribution >= 4 is 22.7 Å². The van der Waals surface area contributed by atoms with Crippen LogP contribution in [0.3, 0.4) is 0 Å². The zero-order chi connectivity index (χ0) is 22.9. The first kappa shape index (κ1) is 21.7. The lowest BCUT2D eigenvalue weighted by molar-refractivity contribution is -0.132. The van der Waals surface area contributed by atoms with Gasteiger partial charge in [-0.15, -0.1) is 0 Å². The molecular weight excluding hydrogens is 424 g/mol. The van der Waals surface area contributed by atoms with E-state index in [9.17, 15) is 4.79 Å². The lowest BCUT2D eigenvalue weighted by Crippen LogP contribution is -2.50. The van der Waals surface area contributed by atoms with Crippen LogP contribution in [0.2, 0.25) is 0 Å². The average molecular weight is 459 g/mol. The van der Waals surface area contributed by atoms with Crippen LogP contribution < -0.4 is 4.90 Å². The predicted molar refractivity (Wildman–Crippen MR) is 134 cm³/mol. The van der Waals surface area contributed by atoms with Crippen LogP contribution in [0.25, 0.3) is 11.0 Å². The third-order valence-electron chi connectivity index (χ3n) is 7.94. The molecular formula is C28H34N4O2. The molecule has 3 aromatic rings. The van der Waals surface area contributed by atoms with Crippen LogP contribution in [0, 0.1) is 5.92 Å². The number of anilines is 1. The van der Waals surface area contributed by atoms with Crippen LogP contribution in [-0.4, -0.2) is 66.5 Å². The van der Waals surface area contributed by atoms with E-state index in [1.165, 1.54) is 24.0 Å². The normalized spacial score (nSPS) is 21.2. The lowest BCUT2D eigenvalue weighted by Gasteiger charge is -2.39. The van der Waals surface area contributed by atoms with Crippen molar-refractivity contribution in [1.29, 1.82) is 0 Å². The molecule has 0 bridgehead atoms. The Hall–Kier alpha value is -2.86. The summed E-state index contributed by atoms with van der Waals surface area (Å²) in [6, 6.07) is 10.6. The van der Waals surface area contributed by atoms with Crippen molar-refractivity contribution in [3.05, 3.63) is 59.5 Å². The number of rotatable bonds is 5. The minimum atomic E-state index is 0.243. The molecule has 1 atom stereocenters. The highest BCUT2D eigenvalue weighted by atomic mass is 16.3. The number of furan rings is 1. The van der Waals surface area contributed by atoms with Crippen LogP contribution in [-0.2, 0) is 24.1 Å². The summed E-state index contributed by atoms with van der Waals surface area (Å²) in [5, 5.41) is 1.13. The summed E-state index contributed by atoms with van der Waals surface area (Å²) in [6.07, 6.45) is 9.95. The van der Waals surface area contributed by atoms with Gasteiger partial charge in [0.05, 0.1) is 12.7 Å². The van der Waals surface area contributed by atoms with Crippen molar-refractivity contribution < 1.29 is 9.21 Å². The molecule has 6 heteroatoms.